The molecule has 6 nitrogen and oxygen atoms in total. The van der Waals surface area contributed by atoms with Crippen LogP contribution in [0.3, 0.4) is 0 Å². The van der Waals surface area contributed by atoms with Gasteiger partial charge in [0, 0.05) is 18.2 Å². The average molecular weight is 388 g/mol. The predicted octanol–water partition coefficient (Wildman–Crippen LogP) is 3.61. The fourth-order valence-corrected chi connectivity index (χ4v) is 2.74. The number of aliphatic hydroxyl groups excluding tert-OH is 1. The SMILES string of the molecule is COc1ccc(-c2noc(C(C)O)c2C(=O)NCc2cc(F)cc(F)c2)cc1. The minimum atomic E-state index is -1.08. The maximum Gasteiger partial charge on any atom is 0.257 e. The van der Waals surface area contributed by atoms with Gasteiger partial charge < -0.3 is 19.7 Å². The number of nitrogens with one attached hydrogen (secondary N) is 1. The van der Waals surface area contributed by atoms with Gasteiger partial charge in [-0.15, -0.1) is 0 Å². The third-order valence-corrected chi connectivity index (χ3v) is 4.06. The summed E-state index contributed by atoms with van der Waals surface area (Å²) in [5.41, 5.74) is 1.13. The van der Waals surface area contributed by atoms with Gasteiger partial charge in [0.15, 0.2) is 5.76 Å². The third kappa shape index (κ3) is 4.17. The van der Waals surface area contributed by atoms with E-state index in [1.54, 1.807) is 24.3 Å². The maximum absolute atomic E-state index is 13.3. The number of carbonyl (C=O) groups is 1. The van der Waals surface area contributed by atoms with E-state index in [0.29, 0.717) is 11.3 Å². The van der Waals surface area contributed by atoms with Crippen molar-refractivity contribution in [3.63, 3.8) is 0 Å². The van der Waals surface area contributed by atoms with Gasteiger partial charge >= 0.3 is 0 Å². The number of amides is 1. The molecule has 1 unspecified atom stereocenters. The molecule has 1 atom stereocenters. The van der Waals surface area contributed by atoms with E-state index < -0.39 is 23.6 Å². The molecular formula is C20H18F2N2O4. The molecule has 2 aromatic carbocycles. The molecule has 3 aromatic rings. The number of hydrogen-bond acceptors (Lipinski definition) is 5. The highest BCUT2D eigenvalue weighted by molar-refractivity contribution is 6.01. The van der Waals surface area contributed by atoms with Gasteiger partial charge in [0.25, 0.3) is 5.91 Å². The molecule has 146 valence electrons. The molecule has 0 aliphatic rings. The van der Waals surface area contributed by atoms with E-state index in [9.17, 15) is 18.7 Å². The fraction of sp³-hybridized carbons (Fsp3) is 0.200. The summed E-state index contributed by atoms with van der Waals surface area (Å²) in [6.07, 6.45) is -1.08. The summed E-state index contributed by atoms with van der Waals surface area (Å²) in [6, 6.07) is 9.78. The van der Waals surface area contributed by atoms with Gasteiger partial charge in [0.2, 0.25) is 0 Å². The highest BCUT2D eigenvalue weighted by Gasteiger charge is 2.26. The van der Waals surface area contributed by atoms with Crippen LogP contribution in [-0.2, 0) is 6.54 Å². The number of ether oxygens (including phenoxy) is 1. The minimum Gasteiger partial charge on any atom is -0.497 e. The van der Waals surface area contributed by atoms with Crippen LogP contribution < -0.4 is 10.1 Å². The Morgan fingerprint density at radius 2 is 1.86 bits per heavy atom. The molecule has 0 aliphatic heterocycles. The lowest BCUT2D eigenvalue weighted by atomic mass is 10.0. The number of halogens is 2. The van der Waals surface area contributed by atoms with E-state index in [0.717, 1.165) is 18.2 Å². The zero-order valence-corrected chi connectivity index (χ0v) is 15.2. The summed E-state index contributed by atoms with van der Waals surface area (Å²) in [7, 11) is 1.53. The Balaban J connectivity index is 1.90. The first-order chi connectivity index (χ1) is 13.4. The standard InChI is InChI=1S/C20H18F2N2O4/c1-11(25)19-17(18(24-28-19)13-3-5-16(27-2)6-4-13)20(26)23-10-12-7-14(21)9-15(22)8-12/h3-9,11,25H,10H2,1-2H3,(H,23,26). The van der Waals surface area contributed by atoms with Gasteiger partial charge in [-0.1, -0.05) is 5.16 Å². The summed E-state index contributed by atoms with van der Waals surface area (Å²) in [5, 5.41) is 16.4. The van der Waals surface area contributed by atoms with Crippen LogP contribution in [-0.4, -0.2) is 23.3 Å². The van der Waals surface area contributed by atoms with Crippen molar-refractivity contribution in [2.75, 3.05) is 7.11 Å². The van der Waals surface area contributed by atoms with Crippen molar-refractivity contribution >= 4 is 5.91 Å². The molecule has 28 heavy (non-hydrogen) atoms. The van der Waals surface area contributed by atoms with Crippen molar-refractivity contribution in [2.24, 2.45) is 0 Å². The van der Waals surface area contributed by atoms with E-state index in [2.05, 4.69) is 10.5 Å². The van der Waals surface area contributed by atoms with Crippen molar-refractivity contribution in [2.45, 2.75) is 19.6 Å². The molecule has 0 saturated carbocycles. The highest BCUT2D eigenvalue weighted by atomic mass is 19.1. The Labute approximate surface area is 159 Å². The summed E-state index contributed by atoms with van der Waals surface area (Å²) in [5.74, 6) is -1.45. The largest absolute Gasteiger partial charge is 0.497 e. The number of rotatable bonds is 6. The van der Waals surface area contributed by atoms with Gasteiger partial charge in [-0.05, 0) is 48.9 Å². The van der Waals surface area contributed by atoms with Gasteiger partial charge in [0.05, 0.1) is 7.11 Å². The van der Waals surface area contributed by atoms with Crippen molar-refractivity contribution < 1.29 is 27.9 Å². The van der Waals surface area contributed by atoms with Crippen molar-refractivity contribution in [1.29, 1.82) is 0 Å². The number of benzene rings is 2. The van der Waals surface area contributed by atoms with Crippen molar-refractivity contribution in [3.8, 4) is 17.0 Å². The molecular weight excluding hydrogens is 370 g/mol. The van der Waals surface area contributed by atoms with E-state index in [1.165, 1.54) is 14.0 Å². The molecule has 2 N–H and O–H groups in total. The first-order valence-electron chi connectivity index (χ1n) is 8.44. The second-order valence-corrected chi connectivity index (χ2v) is 6.14. The van der Waals surface area contributed by atoms with Gasteiger partial charge in [-0.3, -0.25) is 4.79 Å². The molecule has 0 aliphatic carbocycles. The Morgan fingerprint density at radius 3 is 2.43 bits per heavy atom. The lowest BCUT2D eigenvalue weighted by molar-refractivity contribution is 0.0938. The van der Waals surface area contributed by atoms with Crippen LogP contribution in [0.1, 0.15) is 34.7 Å². The molecule has 0 bridgehead atoms. The molecule has 1 aromatic heterocycles. The average Bonchev–Trinajstić information content (AvgIpc) is 3.11. The zero-order chi connectivity index (χ0) is 20.3. The zero-order valence-electron chi connectivity index (χ0n) is 15.2. The summed E-state index contributed by atoms with van der Waals surface area (Å²) < 4.78 is 36.9. The van der Waals surface area contributed by atoms with E-state index in [4.69, 9.17) is 9.26 Å². The topological polar surface area (TPSA) is 84.6 Å². The third-order valence-electron chi connectivity index (χ3n) is 4.06. The summed E-state index contributed by atoms with van der Waals surface area (Å²) >= 11 is 0. The molecule has 8 heteroatoms. The Hall–Kier alpha value is -3.26. The number of hydrogen-bond donors (Lipinski definition) is 2. The quantitative estimate of drug-likeness (QED) is 0.674. The van der Waals surface area contributed by atoms with E-state index >= 15 is 0 Å². The fourth-order valence-electron chi connectivity index (χ4n) is 2.74. The Kier molecular flexibility index (Phi) is 5.70. The van der Waals surface area contributed by atoms with Crippen molar-refractivity contribution in [3.05, 3.63) is 71.0 Å². The van der Waals surface area contributed by atoms with Crippen LogP contribution in [0.15, 0.2) is 47.0 Å². The molecule has 0 spiro atoms. The number of aliphatic hydroxyl groups is 1. The first-order valence-corrected chi connectivity index (χ1v) is 8.44. The van der Waals surface area contributed by atoms with Crippen LogP contribution >= 0.6 is 0 Å². The van der Waals surface area contributed by atoms with E-state index in [-0.39, 0.29) is 29.1 Å². The molecule has 1 heterocycles. The van der Waals surface area contributed by atoms with Gasteiger partial charge in [-0.25, -0.2) is 8.78 Å². The van der Waals surface area contributed by atoms with Crippen LogP contribution in [0.25, 0.3) is 11.3 Å². The Bertz CT molecular complexity index is 964. The number of carbonyl (C=O) groups excluding carboxylic acids is 1. The first kappa shape index (κ1) is 19.5. The maximum atomic E-state index is 13.3. The van der Waals surface area contributed by atoms with Crippen LogP contribution in [0.4, 0.5) is 8.78 Å². The van der Waals surface area contributed by atoms with Crippen molar-refractivity contribution in [1.82, 2.24) is 10.5 Å². The summed E-state index contributed by atoms with van der Waals surface area (Å²) in [4.78, 5) is 12.8. The highest BCUT2D eigenvalue weighted by Crippen LogP contribution is 2.30. The predicted molar refractivity (Wildman–Crippen MR) is 96.7 cm³/mol. The van der Waals surface area contributed by atoms with E-state index in [1.807, 2.05) is 0 Å². The van der Waals surface area contributed by atoms with Gasteiger partial charge in [-0.2, -0.15) is 0 Å². The molecule has 3 rings (SSSR count). The number of aromatic nitrogens is 1. The molecule has 0 saturated heterocycles. The number of nitrogens with zero attached hydrogens (tertiary/aromatic N) is 1. The monoisotopic (exact) mass is 388 g/mol. The van der Waals surface area contributed by atoms with Gasteiger partial charge in [0.1, 0.15) is 34.7 Å². The second kappa shape index (κ2) is 8.18. The lowest BCUT2D eigenvalue weighted by Gasteiger charge is -2.09. The molecule has 0 fully saturated rings. The van der Waals surface area contributed by atoms with Crippen LogP contribution in [0.2, 0.25) is 0 Å². The second-order valence-electron chi connectivity index (χ2n) is 6.14. The number of methoxy groups -OCH3 is 1. The molecule has 1 amide bonds. The summed E-state index contributed by atoms with van der Waals surface area (Å²) in [6.45, 7) is 1.33. The Morgan fingerprint density at radius 1 is 1.21 bits per heavy atom. The van der Waals surface area contributed by atoms with Crippen LogP contribution in [0, 0.1) is 11.6 Å². The minimum absolute atomic E-state index is 0.00580. The lowest BCUT2D eigenvalue weighted by Crippen LogP contribution is -2.24. The van der Waals surface area contributed by atoms with Crippen LogP contribution in [0.5, 0.6) is 5.75 Å². The normalized spacial score (nSPS) is 11.9. The molecule has 0 radical (unpaired) electrons. The smallest absolute Gasteiger partial charge is 0.257 e.